The van der Waals surface area contributed by atoms with Gasteiger partial charge in [-0.1, -0.05) is 35.3 Å². The molecule has 1 amide bonds. The van der Waals surface area contributed by atoms with E-state index < -0.39 is 0 Å². The molecule has 1 aromatic heterocycles. The van der Waals surface area contributed by atoms with Crippen LogP contribution in [0.1, 0.15) is 27.8 Å². The van der Waals surface area contributed by atoms with Crippen LogP contribution in [-0.4, -0.2) is 40.6 Å². The standard InChI is InChI=1S/C17H16Cl2N2O3/c18-13-5-4-11(8-14(13)19)16-9-21(6-7-24-16)17(23)15-3-1-2-12(10-22)20-15/h1-5,8,16,22H,6-7,9-10H2/t16-/m1/s1. The van der Waals surface area contributed by atoms with Crippen LogP contribution in [0.15, 0.2) is 36.4 Å². The minimum atomic E-state index is -0.265. The second-order valence-electron chi connectivity index (χ2n) is 5.46. The number of benzene rings is 1. The summed E-state index contributed by atoms with van der Waals surface area (Å²) in [6.45, 7) is 1.12. The highest BCUT2D eigenvalue weighted by atomic mass is 35.5. The molecule has 0 saturated carbocycles. The fourth-order valence-electron chi connectivity index (χ4n) is 2.60. The van der Waals surface area contributed by atoms with Gasteiger partial charge < -0.3 is 14.7 Å². The van der Waals surface area contributed by atoms with Crippen molar-refractivity contribution in [1.29, 1.82) is 0 Å². The number of amides is 1. The summed E-state index contributed by atoms with van der Waals surface area (Å²) < 4.78 is 5.76. The van der Waals surface area contributed by atoms with Crippen molar-refractivity contribution < 1.29 is 14.6 Å². The van der Waals surface area contributed by atoms with E-state index in [9.17, 15) is 4.79 Å². The van der Waals surface area contributed by atoms with Gasteiger partial charge in [0, 0.05) is 6.54 Å². The number of hydrogen-bond donors (Lipinski definition) is 1. The predicted octanol–water partition coefficient (Wildman–Crippen LogP) is 3.09. The molecule has 3 rings (SSSR count). The SMILES string of the molecule is O=C(c1cccc(CO)n1)N1CCO[C@@H](c2ccc(Cl)c(Cl)c2)C1. The van der Waals surface area contributed by atoms with Crippen LogP contribution in [-0.2, 0) is 11.3 Å². The van der Waals surface area contributed by atoms with E-state index in [1.165, 1.54) is 0 Å². The average molecular weight is 367 g/mol. The van der Waals surface area contributed by atoms with Gasteiger partial charge in [-0.3, -0.25) is 4.79 Å². The Morgan fingerprint density at radius 2 is 2.12 bits per heavy atom. The third kappa shape index (κ3) is 3.70. The van der Waals surface area contributed by atoms with Crippen LogP contribution in [0.25, 0.3) is 0 Å². The normalized spacial score (nSPS) is 17.8. The summed E-state index contributed by atoms with van der Waals surface area (Å²) in [5, 5.41) is 10.1. The highest BCUT2D eigenvalue weighted by Gasteiger charge is 2.27. The Morgan fingerprint density at radius 3 is 2.88 bits per heavy atom. The Labute approximate surface area is 149 Å². The lowest BCUT2D eigenvalue weighted by atomic mass is 10.1. The maximum Gasteiger partial charge on any atom is 0.272 e. The van der Waals surface area contributed by atoms with Crippen LogP contribution < -0.4 is 0 Å². The maximum absolute atomic E-state index is 12.6. The van der Waals surface area contributed by atoms with E-state index >= 15 is 0 Å². The van der Waals surface area contributed by atoms with Gasteiger partial charge in [-0.15, -0.1) is 0 Å². The summed E-state index contributed by atoms with van der Waals surface area (Å²) in [6.07, 6.45) is -0.265. The van der Waals surface area contributed by atoms with Gasteiger partial charge >= 0.3 is 0 Å². The van der Waals surface area contributed by atoms with Crippen molar-refractivity contribution in [3.63, 3.8) is 0 Å². The molecule has 1 saturated heterocycles. The molecule has 1 aliphatic heterocycles. The number of nitrogens with zero attached hydrogens (tertiary/aromatic N) is 2. The molecule has 24 heavy (non-hydrogen) atoms. The number of aromatic nitrogens is 1. The first kappa shape index (κ1) is 17.2. The zero-order chi connectivity index (χ0) is 17.1. The molecule has 0 aliphatic carbocycles. The largest absolute Gasteiger partial charge is 0.390 e. The Bertz CT molecular complexity index is 754. The molecule has 1 aromatic carbocycles. The first-order chi connectivity index (χ1) is 11.6. The molecule has 1 aliphatic rings. The molecule has 126 valence electrons. The molecule has 0 bridgehead atoms. The van der Waals surface area contributed by atoms with Gasteiger partial charge in [0.05, 0.1) is 35.5 Å². The Hall–Kier alpha value is -1.66. The zero-order valence-electron chi connectivity index (χ0n) is 12.8. The van der Waals surface area contributed by atoms with Gasteiger partial charge in [0.15, 0.2) is 0 Å². The number of halogens is 2. The molecule has 1 atom stereocenters. The lowest BCUT2D eigenvalue weighted by molar-refractivity contribution is -0.0230. The third-order valence-electron chi connectivity index (χ3n) is 3.86. The van der Waals surface area contributed by atoms with Crippen molar-refractivity contribution in [3.8, 4) is 0 Å². The number of hydrogen-bond acceptors (Lipinski definition) is 4. The second-order valence-corrected chi connectivity index (χ2v) is 6.27. The maximum atomic E-state index is 12.6. The minimum absolute atomic E-state index is 0.182. The van der Waals surface area contributed by atoms with Gasteiger partial charge in [-0.2, -0.15) is 0 Å². The first-order valence-electron chi connectivity index (χ1n) is 7.51. The number of aliphatic hydroxyl groups excluding tert-OH is 1. The third-order valence-corrected chi connectivity index (χ3v) is 4.60. The Morgan fingerprint density at radius 1 is 1.29 bits per heavy atom. The van der Waals surface area contributed by atoms with E-state index in [4.69, 9.17) is 33.0 Å². The van der Waals surface area contributed by atoms with E-state index in [1.54, 1.807) is 35.2 Å². The van der Waals surface area contributed by atoms with E-state index in [0.29, 0.717) is 41.1 Å². The predicted molar refractivity (Wildman–Crippen MR) is 91.2 cm³/mol. The summed E-state index contributed by atoms with van der Waals surface area (Å²) in [6, 6.07) is 10.3. The van der Waals surface area contributed by atoms with Crippen molar-refractivity contribution in [2.24, 2.45) is 0 Å². The number of pyridine rings is 1. The lowest BCUT2D eigenvalue weighted by Gasteiger charge is -2.33. The second kappa shape index (κ2) is 7.49. The van der Waals surface area contributed by atoms with Crippen LogP contribution in [0.3, 0.4) is 0 Å². The number of carbonyl (C=O) groups excluding carboxylic acids is 1. The van der Waals surface area contributed by atoms with E-state index in [0.717, 1.165) is 5.56 Å². The van der Waals surface area contributed by atoms with Crippen LogP contribution in [0.5, 0.6) is 0 Å². The molecule has 1 N–H and O–H groups in total. The summed E-state index contributed by atoms with van der Waals surface area (Å²) in [7, 11) is 0. The van der Waals surface area contributed by atoms with Crippen LogP contribution >= 0.6 is 23.2 Å². The Balaban J connectivity index is 1.77. The van der Waals surface area contributed by atoms with Crippen molar-refractivity contribution in [1.82, 2.24) is 9.88 Å². The first-order valence-corrected chi connectivity index (χ1v) is 8.26. The summed E-state index contributed by atoms with van der Waals surface area (Å²) in [5.74, 6) is -0.182. The van der Waals surface area contributed by atoms with Crippen LogP contribution in [0.2, 0.25) is 10.0 Å². The Kier molecular flexibility index (Phi) is 5.36. The highest BCUT2D eigenvalue weighted by molar-refractivity contribution is 6.42. The molecule has 0 radical (unpaired) electrons. The zero-order valence-corrected chi connectivity index (χ0v) is 14.3. The summed E-state index contributed by atoms with van der Waals surface area (Å²) in [4.78, 5) is 18.5. The quantitative estimate of drug-likeness (QED) is 0.906. The monoisotopic (exact) mass is 366 g/mol. The van der Waals surface area contributed by atoms with Crippen molar-refractivity contribution in [3.05, 3.63) is 63.4 Å². The van der Waals surface area contributed by atoms with Gasteiger partial charge in [0.25, 0.3) is 5.91 Å². The molecule has 0 unspecified atom stereocenters. The number of ether oxygens (including phenoxy) is 1. The van der Waals surface area contributed by atoms with Crippen LogP contribution in [0, 0.1) is 0 Å². The van der Waals surface area contributed by atoms with Gasteiger partial charge in [-0.05, 0) is 29.8 Å². The lowest BCUT2D eigenvalue weighted by Crippen LogP contribution is -2.42. The number of morpholine rings is 1. The molecule has 0 spiro atoms. The highest BCUT2D eigenvalue weighted by Crippen LogP contribution is 2.29. The van der Waals surface area contributed by atoms with E-state index in [1.807, 2.05) is 6.07 Å². The van der Waals surface area contributed by atoms with Gasteiger partial charge in [-0.25, -0.2) is 4.98 Å². The smallest absolute Gasteiger partial charge is 0.272 e. The minimum Gasteiger partial charge on any atom is -0.390 e. The van der Waals surface area contributed by atoms with Gasteiger partial charge in [0.2, 0.25) is 0 Å². The molecule has 5 nitrogen and oxygen atoms in total. The summed E-state index contributed by atoms with van der Waals surface area (Å²) in [5.41, 5.74) is 1.66. The van der Waals surface area contributed by atoms with E-state index in [-0.39, 0.29) is 18.6 Å². The van der Waals surface area contributed by atoms with Gasteiger partial charge in [0.1, 0.15) is 11.8 Å². The molecular weight excluding hydrogens is 351 g/mol. The molecule has 7 heteroatoms. The van der Waals surface area contributed by atoms with Crippen molar-refractivity contribution in [2.75, 3.05) is 19.7 Å². The molecular formula is C17H16Cl2N2O3. The number of rotatable bonds is 3. The molecule has 1 fully saturated rings. The molecule has 2 aromatic rings. The number of carbonyl (C=O) groups is 1. The topological polar surface area (TPSA) is 62.7 Å². The van der Waals surface area contributed by atoms with Crippen molar-refractivity contribution in [2.45, 2.75) is 12.7 Å². The molecule has 2 heterocycles. The fourth-order valence-corrected chi connectivity index (χ4v) is 2.90. The number of aliphatic hydroxyl groups is 1. The van der Waals surface area contributed by atoms with Crippen LogP contribution in [0.4, 0.5) is 0 Å². The van der Waals surface area contributed by atoms with E-state index in [2.05, 4.69) is 4.98 Å². The average Bonchev–Trinajstić information content (AvgIpc) is 2.63. The summed E-state index contributed by atoms with van der Waals surface area (Å²) >= 11 is 12.0. The van der Waals surface area contributed by atoms with Crippen molar-refractivity contribution >= 4 is 29.1 Å². The fraction of sp³-hybridized carbons (Fsp3) is 0.294.